The van der Waals surface area contributed by atoms with E-state index in [9.17, 15) is 19.2 Å². The summed E-state index contributed by atoms with van der Waals surface area (Å²) in [4.78, 5) is 43.8. The Kier molecular flexibility index (Phi) is 21.4. The number of benzene rings is 2. The van der Waals surface area contributed by atoms with Crippen LogP contribution in [-0.4, -0.2) is 55.5 Å². The molecule has 0 saturated heterocycles. The van der Waals surface area contributed by atoms with Crippen molar-refractivity contribution in [3.8, 4) is 5.75 Å². The van der Waals surface area contributed by atoms with Crippen LogP contribution in [0.25, 0.3) is 6.08 Å². The highest BCUT2D eigenvalue weighted by molar-refractivity contribution is 6.32. The molecule has 2 aromatic rings. The van der Waals surface area contributed by atoms with Gasteiger partial charge in [-0.2, -0.15) is 0 Å². The smallest absolute Gasteiger partial charge is 0.345 e. The number of amides is 1. The van der Waals surface area contributed by atoms with Crippen LogP contribution in [0, 0.1) is 24.2 Å². The Balaban J connectivity index is 0.000000696. The average molecular weight is 659 g/mol. The number of aryl methyl sites for hydroxylation is 1. The number of hydrogen-bond donors (Lipinski definition) is 3. The molecule has 4 N–H and O–H groups in total. The van der Waals surface area contributed by atoms with Gasteiger partial charge in [0, 0.05) is 6.54 Å². The number of carbonyl (C=O) groups excluding carboxylic acids is 3. The van der Waals surface area contributed by atoms with Crippen molar-refractivity contribution in [2.24, 2.45) is 23.0 Å². The Morgan fingerprint density at radius 3 is 2.26 bits per heavy atom. The summed E-state index contributed by atoms with van der Waals surface area (Å²) in [5.41, 5.74) is 6.91. The molecule has 9 nitrogen and oxygen atoms in total. The molecule has 0 spiro atoms. The number of hydrogen-bond acceptors (Lipinski definition) is 7. The summed E-state index contributed by atoms with van der Waals surface area (Å²) in [5, 5.41) is 12.0. The molecule has 2 aromatic carbocycles. The highest BCUT2D eigenvalue weighted by atomic mass is 35.5. The normalized spacial score (nSPS) is 12.3. The highest BCUT2D eigenvalue weighted by Crippen LogP contribution is 2.24. The van der Waals surface area contributed by atoms with Crippen molar-refractivity contribution in [3.63, 3.8) is 0 Å². The van der Waals surface area contributed by atoms with Gasteiger partial charge in [-0.1, -0.05) is 87.0 Å². The van der Waals surface area contributed by atoms with Crippen LogP contribution in [0.5, 0.6) is 5.75 Å². The molecule has 0 fully saturated rings. The average Bonchev–Trinajstić information content (AvgIpc) is 3.01. The van der Waals surface area contributed by atoms with E-state index in [1.165, 1.54) is 11.6 Å². The minimum atomic E-state index is -1.12. The molecule has 46 heavy (non-hydrogen) atoms. The number of carboxylic acid groups (broad SMARTS) is 1. The number of allylic oxidation sites excluding steroid dienone is 2. The fourth-order valence-electron chi connectivity index (χ4n) is 3.46. The number of rotatable bonds is 15. The number of aliphatic carboxylic acids is 1. The molecule has 254 valence electrons. The van der Waals surface area contributed by atoms with Gasteiger partial charge >= 0.3 is 11.9 Å². The molecule has 0 bridgehead atoms. The summed E-state index contributed by atoms with van der Waals surface area (Å²) >= 11 is 5.80. The van der Waals surface area contributed by atoms with Gasteiger partial charge in [0.15, 0.2) is 6.10 Å². The van der Waals surface area contributed by atoms with Crippen molar-refractivity contribution in [2.45, 2.75) is 66.9 Å². The maximum absolute atomic E-state index is 11.6. The predicted octanol–water partition coefficient (Wildman–Crippen LogP) is 6.66. The molecule has 0 aromatic heterocycles. The van der Waals surface area contributed by atoms with Crippen molar-refractivity contribution in [3.05, 3.63) is 82.9 Å². The van der Waals surface area contributed by atoms with Gasteiger partial charge in [-0.25, -0.2) is 4.79 Å². The fraction of sp³-hybridized carbons (Fsp3) is 0.444. The monoisotopic (exact) mass is 658 g/mol. The Morgan fingerprint density at radius 2 is 1.74 bits per heavy atom. The summed E-state index contributed by atoms with van der Waals surface area (Å²) in [5.74, 6) is -0.567. The minimum Gasteiger partial charge on any atom is -0.495 e. The maximum Gasteiger partial charge on any atom is 0.345 e. The van der Waals surface area contributed by atoms with Crippen molar-refractivity contribution in [1.29, 1.82) is 0 Å². The zero-order valence-electron chi connectivity index (χ0n) is 28.1. The maximum atomic E-state index is 11.6. The largest absolute Gasteiger partial charge is 0.495 e. The van der Waals surface area contributed by atoms with Gasteiger partial charge in [-0.3, -0.25) is 9.59 Å². The van der Waals surface area contributed by atoms with E-state index in [1.54, 1.807) is 21.0 Å². The minimum absolute atomic E-state index is 0.0688. The van der Waals surface area contributed by atoms with E-state index in [0.29, 0.717) is 23.6 Å². The lowest BCUT2D eigenvalue weighted by Gasteiger charge is -2.23. The van der Waals surface area contributed by atoms with Gasteiger partial charge in [0.2, 0.25) is 5.91 Å². The molecule has 2 atom stereocenters. The quantitative estimate of drug-likeness (QED) is 0.109. The predicted molar refractivity (Wildman–Crippen MR) is 185 cm³/mol. The Labute approximate surface area is 279 Å². The number of ether oxygens (including phenoxy) is 2. The second-order valence-electron chi connectivity index (χ2n) is 11.7. The SMILES string of the molecule is CC(/C=C/c1ccccc1)CC/C=C/C(=O)NCC=O.CC(C)CC(OC(=O)C(C)(C)CN)C(=O)O.COc1ccc(C)cc1Cl. The molecule has 0 aliphatic carbocycles. The molecule has 2 unspecified atom stereocenters. The second-order valence-corrected chi connectivity index (χ2v) is 12.1. The van der Waals surface area contributed by atoms with Crippen LogP contribution < -0.4 is 15.8 Å². The lowest BCUT2D eigenvalue weighted by Crippen LogP contribution is -2.39. The molecule has 2 rings (SSSR count). The van der Waals surface area contributed by atoms with Crippen LogP contribution in [0.1, 0.15) is 65.0 Å². The number of esters is 1. The first kappa shape index (κ1) is 42.0. The van der Waals surface area contributed by atoms with E-state index in [-0.39, 0.29) is 24.9 Å². The first-order valence-electron chi connectivity index (χ1n) is 15.2. The van der Waals surface area contributed by atoms with Crippen molar-refractivity contribution < 1.29 is 33.8 Å². The number of methoxy groups -OCH3 is 1. The molecule has 0 radical (unpaired) electrons. The van der Waals surface area contributed by atoms with Crippen LogP contribution in [0.4, 0.5) is 0 Å². The molecular weight excluding hydrogens is 608 g/mol. The lowest BCUT2D eigenvalue weighted by molar-refractivity contribution is -0.171. The molecule has 0 heterocycles. The first-order valence-corrected chi connectivity index (χ1v) is 15.6. The van der Waals surface area contributed by atoms with Gasteiger partial charge < -0.3 is 30.4 Å². The third kappa shape index (κ3) is 19.4. The van der Waals surface area contributed by atoms with Crippen molar-refractivity contribution in [2.75, 3.05) is 20.2 Å². The van der Waals surface area contributed by atoms with E-state index < -0.39 is 23.5 Å². The van der Waals surface area contributed by atoms with Crippen LogP contribution >= 0.6 is 11.6 Å². The second kappa shape index (κ2) is 23.4. The van der Waals surface area contributed by atoms with Gasteiger partial charge in [-0.05, 0) is 81.2 Å². The van der Waals surface area contributed by atoms with E-state index in [2.05, 4.69) is 36.5 Å². The Morgan fingerprint density at radius 1 is 1.09 bits per heavy atom. The van der Waals surface area contributed by atoms with E-state index in [0.717, 1.165) is 24.2 Å². The summed E-state index contributed by atoms with van der Waals surface area (Å²) < 4.78 is 9.93. The van der Waals surface area contributed by atoms with Crippen LogP contribution in [0.3, 0.4) is 0 Å². The molecule has 0 saturated carbocycles. The van der Waals surface area contributed by atoms with Crippen LogP contribution in [0.15, 0.2) is 66.8 Å². The molecular formula is C36H51ClN2O7. The number of aldehydes is 1. The zero-order chi connectivity index (χ0) is 35.1. The number of halogens is 1. The number of nitrogens with two attached hydrogens (primary N) is 1. The summed E-state index contributed by atoms with van der Waals surface area (Å²) in [6.07, 6.45) is 9.34. The van der Waals surface area contributed by atoms with Crippen LogP contribution in [-0.2, 0) is 23.9 Å². The number of nitrogens with one attached hydrogen (secondary N) is 1. The molecule has 1 amide bonds. The fourth-order valence-corrected chi connectivity index (χ4v) is 3.77. The van der Waals surface area contributed by atoms with E-state index >= 15 is 0 Å². The van der Waals surface area contributed by atoms with Gasteiger partial charge in [-0.15, -0.1) is 0 Å². The molecule has 0 aliphatic heterocycles. The van der Waals surface area contributed by atoms with Gasteiger partial charge in [0.25, 0.3) is 0 Å². The summed E-state index contributed by atoms with van der Waals surface area (Å²) in [7, 11) is 1.61. The summed E-state index contributed by atoms with van der Waals surface area (Å²) in [6.45, 7) is 11.3. The summed E-state index contributed by atoms with van der Waals surface area (Å²) in [6, 6.07) is 15.9. The molecule has 0 aliphatic rings. The third-order valence-corrected chi connectivity index (χ3v) is 6.71. The topological polar surface area (TPSA) is 145 Å². The zero-order valence-corrected chi connectivity index (χ0v) is 28.9. The van der Waals surface area contributed by atoms with Crippen molar-refractivity contribution in [1.82, 2.24) is 5.32 Å². The van der Waals surface area contributed by atoms with E-state index in [1.807, 2.05) is 63.2 Å². The number of carbonyl (C=O) groups is 4. The van der Waals surface area contributed by atoms with Gasteiger partial charge in [0.05, 0.1) is 24.1 Å². The molecule has 10 heteroatoms. The van der Waals surface area contributed by atoms with Crippen molar-refractivity contribution >= 4 is 41.8 Å². The Hall–Kier alpha value is -3.95. The number of carboxylic acids is 1. The van der Waals surface area contributed by atoms with E-state index in [4.69, 9.17) is 31.9 Å². The van der Waals surface area contributed by atoms with Crippen LogP contribution in [0.2, 0.25) is 5.02 Å². The van der Waals surface area contributed by atoms with Gasteiger partial charge in [0.1, 0.15) is 12.0 Å². The highest BCUT2D eigenvalue weighted by Gasteiger charge is 2.32. The first-order chi connectivity index (χ1) is 21.7. The lowest BCUT2D eigenvalue weighted by atomic mass is 9.94. The third-order valence-electron chi connectivity index (χ3n) is 6.41. The Bertz CT molecular complexity index is 1260. The standard InChI is InChI=1S/C17H21NO2.C11H21NO4.C8H9ClO/c1-15(11-12-16-8-3-2-4-9-16)7-5-6-10-17(20)18-13-14-19;1-7(2)5-8(9(13)14)16-10(15)11(3,4)6-12;1-6-3-4-8(10-2)7(9)5-6/h2-4,6,8-12,14-15H,5,7,13H2,1H3,(H,18,20);7-8H,5-6,12H2,1-4H3,(H,13,14);3-5H,1-2H3/b10-6+,12-11+;;.